The fourth-order valence-corrected chi connectivity index (χ4v) is 2.32. The predicted molar refractivity (Wildman–Crippen MR) is 74.5 cm³/mol. The minimum atomic E-state index is -0.612. The Morgan fingerprint density at radius 1 is 1.26 bits per heavy atom. The number of amides is 1. The van der Waals surface area contributed by atoms with Crippen molar-refractivity contribution in [3.05, 3.63) is 35.4 Å². The van der Waals surface area contributed by atoms with E-state index in [1.54, 1.807) is 0 Å². The number of carbonyl (C=O) groups is 1. The minimum absolute atomic E-state index is 0.135. The van der Waals surface area contributed by atoms with E-state index in [4.69, 9.17) is 5.73 Å². The van der Waals surface area contributed by atoms with E-state index in [0.717, 1.165) is 11.1 Å². The molecule has 0 saturated carbocycles. The Balaban J connectivity index is 1.90. The summed E-state index contributed by atoms with van der Waals surface area (Å²) in [5, 5.41) is 9.87. The van der Waals surface area contributed by atoms with Crippen LogP contribution in [-0.4, -0.2) is 34.6 Å². The van der Waals surface area contributed by atoms with Crippen LogP contribution in [0.25, 0.3) is 0 Å². The number of hydrogen-bond donors (Lipinski definition) is 2. The molecule has 104 valence electrons. The topological polar surface area (TPSA) is 66.6 Å². The van der Waals surface area contributed by atoms with Gasteiger partial charge in [-0.3, -0.25) is 4.79 Å². The quantitative estimate of drug-likeness (QED) is 0.856. The molecule has 0 atom stereocenters. The molecule has 1 fully saturated rings. The lowest BCUT2D eigenvalue weighted by Gasteiger charge is -2.35. The molecule has 0 aromatic heterocycles. The summed E-state index contributed by atoms with van der Waals surface area (Å²) in [7, 11) is 0. The first-order valence-electron chi connectivity index (χ1n) is 6.78. The molecule has 0 spiro atoms. The monoisotopic (exact) mass is 262 g/mol. The molecule has 0 unspecified atom stereocenters. The lowest BCUT2D eigenvalue weighted by molar-refractivity contribution is -0.134. The largest absolute Gasteiger partial charge is 0.390 e. The second kappa shape index (κ2) is 5.72. The Morgan fingerprint density at radius 2 is 1.79 bits per heavy atom. The fraction of sp³-hybridized carbons (Fsp3) is 0.533. The van der Waals surface area contributed by atoms with Crippen molar-refractivity contribution in [3.8, 4) is 0 Å². The summed E-state index contributed by atoms with van der Waals surface area (Å²) >= 11 is 0. The number of nitrogens with two attached hydrogens (primary N) is 1. The van der Waals surface area contributed by atoms with Crippen LogP contribution in [0.5, 0.6) is 0 Å². The fourth-order valence-electron chi connectivity index (χ4n) is 2.32. The van der Waals surface area contributed by atoms with Gasteiger partial charge in [0, 0.05) is 19.6 Å². The summed E-state index contributed by atoms with van der Waals surface area (Å²) in [5.41, 5.74) is 7.02. The van der Waals surface area contributed by atoms with Crippen LogP contribution in [0.2, 0.25) is 0 Å². The Kier molecular flexibility index (Phi) is 4.22. The summed E-state index contributed by atoms with van der Waals surface area (Å²) in [5.74, 6) is 0.135. The highest BCUT2D eigenvalue weighted by molar-refractivity contribution is 5.78. The maximum Gasteiger partial charge on any atom is 0.226 e. The number of benzene rings is 1. The first-order chi connectivity index (χ1) is 9.00. The van der Waals surface area contributed by atoms with Crippen LogP contribution in [0.4, 0.5) is 0 Å². The van der Waals surface area contributed by atoms with E-state index in [9.17, 15) is 9.90 Å². The average Bonchev–Trinajstić information content (AvgIpc) is 2.39. The maximum absolute atomic E-state index is 12.2. The van der Waals surface area contributed by atoms with E-state index in [-0.39, 0.29) is 5.91 Å². The van der Waals surface area contributed by atoms with Gasteiger partial charge in [0.1, 0.15) is 0 Å². The number of hydrogen-bond acceptors (Lipinski definition) is 3. The summed E-state index contributed by atoms with van der Waals surface area (Å²) in [4.78, 5) is 14.0. The molecule has 1 saturated heterocycles. The van der Waals surface area contributed by atoms with Crippen LogP contribution in [0.3, 0.4) is 0 Å². The number of aliphatic hydroxyl groups is 1. The molecule has 0 radical (unpaired) electrons. The maximum atomic E-state index is 12.2. The third-order valence-corrected chi connectivity index (χ3v) is 3.81. The first-order valence-corrected chi connectivity index (χ1v) is 6.78. The third-order valence-electron chi connectivity index (χ3n) is 3.81. The van der Waals surface area contributed by atoms with Crippen LogP contribution in [0.15, 0.2) is 24.3 Å². The molecule has 0 aliphatic carbocycles. The highest BCUT2D eigenvalue weighted by atomic mass is 16.3. The average molecular weight is 262 g/mol. The van der Waals surface area contributed by atoms with Crippen LogP contribution in [-0.2, 0) is 17.8 Å². The van der Waals surface area contributed by atoms with Crippen molar-refractivity contribution in [2.24, 2.45) is 5.73 Å². The van der Waals surface area contributed by atoms with E-state index in [2.05, 4.69) is 0 Å². The van der Waals surface area contributed by atoms with Crippen molar-refractivity contribution < 1.29 is 9.90 Å². The van der Waals surface area contributed by atoms with Gasteiger partial charge in [-0.05, 0) is 30.9 Å². The van der Waals surface area contributed by atoms with Gasteiger partial charge in [-0.2, -0.15) is 0 Å². The number of likely N-dealkylation sites (tertiary alicyclic amines) is 1. The molecular formula is C15H22N2O2. The second-order valence-corrected chi connectivity index (χ2v) is 5.58. The van der Waals surface area contributed by atoms with E-state index in [1.165, 1.54) is 0 Å². The molecule has 4 nitrogen and oxygen atoms in total. The van der Waals surface area contributed by atoms with Crippen molar-refractivity contribution in [1.29, 1.82) is 0 Å². The Hall–Kier alpha value is -1.39. The van der Waals surface area contributed by atoms with Gasteiger partial charge in [-0.25, -0.2) is 0 Å². The molecule has 1 aliphatic rings. The van der Waals surface area contributed by atoms with Gasteiger partial charge < -0.3 is 15.7 Å². The molecule has 4 heteroatoms. The van der Waals surface area contributed by atoms with Crippen molar-refractivity contribution in [1.82, 2.24) is 4.90 Å². The molecule has 1 aliphatic heterocycles. The number of carbonyl (C=O) groups excluding carboxylic acids is 1. The molecule has 3 N–H and O–H groups in total. The zero-order chi connectivity index (χ0) is 13.9. The molecule has 2 rings (SSSR count). The van der Waals surface area contributed by atoms with Crippen molar-refractivity contribution in [2.45, 2.75) is 38.3 Å². The predicted octanol–water partition coefficient (Wildman–Crippen LogP) is 1.06. The Bertz CT molecular complexity index is 430. The van der Waals surface area contributed by atoms with Crippen LogP contribution >= 0.6 is 0 Å². The Labute approximate surface area is 114 Å². The molecule has 1 heterocycles. The third kappa shape index (κ3) is 3.78. The van der Waals surface area contributed by atoms with E-state index < -0.39 is 5.60 Å². The molecule has 1 aromatic carbocycles. The first kappa shape index (κ1) is 14.0. The van der Waals surface area contributed by atoms with Crippen LogP contribution < -0.4 is 5.73 Å². The van der Waals surface area contributed by atoms with Gasteiger partial charge in [-0.15, -0.1) is 0 Å². The zero-order valence-corrected chi connectivity index (χ0v) is 11.4. The highest BCUT2D eigenvalue weighted by Crippen LogP contribution is 2.21. The number of piperidine rings is 1. The SMILES string of the molecule is CC1(O)CCN(C(=O)Cc2ccc(CN)cc2)CC1. The standard InChI is InChI=1S/C15H22N2O2/c1-15(19)6-8-17(9-7-15)14(18)10-12-2-4-13(11-16)5-3-12/h2-5,19H,6-11,16H2,1H3. The van der Waals surface area contributed by atoms with Gasteiger partial charge in [-0.1, -0.05) is 24.3 Å². The summed E-state index contributed by atoms with van der Waals surface area (Å²) in [6, 6.07) is 7.84. The molecule has 1 amide bonds. The van der Waals surface area contributed by atoms with Crippen molar-refractivity contribution in [3.63, 3.8) is 0 Å². The van der Waals surface area contributed by atoms with Gasteiger partial charge in [0.05, 0.1) is 12.0 Å². The lowest BCUT2D eigenvalue weighted by Crippen LogP contribution is -2.45. The van der Waals surface area contributed by atoms with Gasteiger partial charge in [0.25, 0.3) is 0 Å². The zero-order valence-electron chi connectivity index (χ0n) is 11.4. The van der Waals surface area contributed by atoms with E-state index in [0.29, 0.717) is 38.9 Å². The number of nitrogens with zero attached hydrogens (tertiary/aromatic N) is 1. The number of rotatable bonds is 3. The second-order valence-electron chi connectivity index (χ2n) is 5.58. The van der Waals surface area contributed by atoms with Crippen molar-refractivity contribution in [2.75, 3.05) is 13.1 Å². The van der Waals surface area contributed by atoms with Crippen molar-refractivity contribution >= 4 is 5.91 Å². The normalized spacial score (nSPS) is 18.4. The van der Waals surface area contributed by atoms with Gasteiger partial charge in [0.2, 0.25) is 5.91 Å². The van der Waals surface area contributed by atoms with Gasteiger partial charge in [0.15, 0.2) is 0 Å². The lowest BCUT2D eigenvalue weighted by atomic mass is 9.93. The summed E-state index contributed by atoms with van der Waals surface area (Å²) < 4.78 is 0. The highest BCUT2D eigenvalue weighted by Gasteiger charge is 2.29. The smallest absolute Gasteiger partial charge is 0.226 e. The molecule has 0 bridgehead atoms. The summed E-state index contributed by atoms with van der Waals surface area (Å²) in [6.07, 6.45) is 1.74. The molecule has 19 heavy (non-hydrogen) atoms. The van der Waals surface area contributed by atoms with E-state index >= 15 is 0 Å². The van der Waals surface area contributed by atoms with Gasteiger partial charge >= 0.3 is 0 Å². The van der Waals surface area contributed by atoms with Crippen LogP contribution in [0.1, 0.15) is 30.9 Å². The minimum Gasteiger partial charge on any atom is -0.390 e. The summed E-state index contributed by atoms with van der Waals surface area (Å²) in [6.45, 7) is 3.65. The van der Waals surface area contributed by atoms with E-state index in [1.807, 2.05) is 36.1 Å². The Morgan fingerprint density at radius 3 is 2.32 bits per heavy atom. The molecule has 1 aromatic rings. The molecular weight excluding hydrogens is 240 g/mol. The van der Waals surface area contributed by atoms with Crippen LogP contribution in [0, 0.1) is 0 Å².